The van der Waals surface area contributed by atoms with Crippen LogP contribution < -0.4 is 9.47 Å². The van der Waals surface area contributed by atoms with E-state index in [-0.39, 0.29) is 18.1 Å². The second-order valence-corrected chi connectivity index (χ2v) is 6.97. The summed E-state index contributed by atoms with van der Waals surface area (Å²) in [6.45, 7) is 2.21. The molecule has 162 valence electrons. The number of pyridine rings is 1. The number of methoxy groups -OCH3 is 1. The molecule has 5 aromatic rings. The van der Waals surface area contributed by atoms with Gasteiger partial charge in [-0.2, -0.15) is 9.97 Å². The molecule has 32 heavy (non-hydrogen) atoms. The van der Waals surface area contributed by atoms with E-state index in [9.17, 15) is 8.78 Å². The Kier molecular flexibility index (Phi) is 4.89. The average Bonchev–Trinajstić information content (AvgIpc) is 3.38. The van der Waals surface area contributed by atoms with Gasteiger partial charge in [0.15, 0.2) is 17.3 Å². The van der Waals surface area contributed by atoms with E-state index in [0.717, 1.165) is 6.07 Å². The third-order valence-corrected chi connectivity index (χ3v) is 5.10. The van der Waals surface area contributed by atoms with Crippen LogP contribution in [-0.2, 0) is 6.54 Å². The molecule has 8 nitrogen and oxygen atoms in total. The Balaban J connectivity index is 1.69. The normalized spacial score (nSPS) is 11.4. The number of benzene rings is 1. The fourth-order valence-corrected chi connectivity index (χ4v) is 3.65. The Bertz CT molecular complexity index is 1450. The summed E-state index contributed by atoms with van der Waals surface area (Å²) >= 11 is 0. The Morgan fingerprint density at radius 1 is 1.09 bits per heavy atom. The first kappa shape index (κ1) is 19.9. The fourth-order valence-electron chi connectivity index (χ4n) is 3.65. The van der Waals surface area contributed by atoms with Crippen molar-refractivity contribution in [3.63, 3.8) is 0 Å². The summed E-state index contributed by atoms with van der Waals surface area (Å²) < 4.78 is 42.7. The van der Waals surface area contributed by atoms with E-state index < -0.39 is 11.6 Å². The fraction of sp³-hybridized carbons (Fsp3) is 0.182. The minimum atomic E-state index is -0.908. The van der Waals surface area contributed by atoms with Crippen molar-refractivity contribution in [3.05, 3.63) is 66.3 Å². The minimum Gasteiger partial charge on any atom is -0.479 e. The van der Waals surface area contributed by atoms with Crippen molar-refractivity contribution in [1.82, 2.24) is 29.1 Å². The number of aromatic nitrogens is 6. The lowest BCUT2D eigenvalue weighted by atomic mass is 10.2. The third-order valence-electron chi connectivity index (χ3n) is 5.10. The molecule has 0 saturated carbocycles. The second-order valence-electron chi connectivity index (χ2n) is 6.97. The van der Waals surface area contributed by atoms with Crippen LogP contribution >= 0.6 is 0 Å². The van der Waals surface area contributed by atoms with Gasteiger partial charge in [0, 0.05) is 11.8 Å². The summed E-state index contributed by atoms with van der Waals surface area (Å²) in [5.74, 6) is -1.39. The van der Waals surface area contributed by atoms with Crippen LogP contribution in [0.5, 0.6) is 11.9 Å². The van der Waals surface area contributed by atoms with Crippen molar-refractivity contribution >= 4 is 22.2 Å². The molecule has 0 amide bonds. The second kappa shape index (κ2) is 7.88. The Morgan fingerprint density at radius 3 is 2.78 bits per heavy atom. The molecule has 4 heterocycles. The molecule has 0 spiro atoms. The first-order valence-corrected chi connectivity index (χ1v) is 9.89. The molecule has 0 saturated heterocycles. The molecule has 0 bridgehead atoms. The highest BCUT2D eigenvalue weighted by Gasteiger charge is 2.18. The van der Waals surface area contributed by atoms with Crippen LogP contribution in [0.1, 0.15) is 12.5 Å². The van der Waals surface area contributed by atoms with Gasteiger partial charge in [0.1, 0.15) is 11.8 Å². The number of rotatable bonds is 6. The van der Waals surface area contributed by atoms with Gasteiger partial charge in [-0.05, 0) is 25.1 Å². The van der Waals surface area contributed by atoms with Gasteiger partial charge in [0.25, 0.3) is 6.01 Å². The highest BCUT2D eigenvalue weighted by Crippen LogP contribution is 2.29. The van der Waals surface area contributed by atoms with Crippen molar-refractivity contribution in [2.75, 3.05) is 13.7 Å². The summed E-state index contributed by atoms with van der Waals surface area (Å²) in [6, 6.07) is 8.04. The van der Waals surface area contributed by atoms with Crippen molar-refractivity contribution in [2.45, 2.75) is 13.5 Å². The van der Waals surface area contributed by atoms with Gasteiger partial charge in [0.2, 0.25) is 5.88 Å². The van der Waals surface area contributed by atoms with Gasteiger partial charge in [-0.25, -0.2) is 18.7 Å². The van der Waals surface area contributed by atoms with E-state index in [0.29, 0.717) is 40.4 Å². The van der Waals surface area contributed by atoms with Crippen molar-refractivity contribution < 1.29 is 18.3 Å². The van der Waals surface area contributed by atoms with Crippen molar-refractivity contribution in [2.24, 2.45) is 0 Å². The monoisotopic (exact) mass is 436 g/mol. The summed E-state index contributed by atoms with van der Waals surface area (Å²) in [5, 5.41) is 0. The zero-order valence-corrected chi connectivity index (χ0v) is 17.3. The zero-order chi connectivity index (χ0) is 22.2. The lowest BCUT2D eigenvalue weighted by Gasteiger charge is -2.11. The van der Waals surface area contributed by atoms with Crippen molar-refractivity contribution in [3.8, 4) is 17.6 Å². The van der Waals surface area contributed by atoms with Crippen molar-refractivity contribution in [1.29, 1.82) is 0 Å². The van der Waals surface area contributed by atoms with E-state index in [1.54, 1.807) is 10.8 Å². The summed E-state index contributed by atoms with van der Waals surface area (Å²) in [5.41, 5.74) is 3.30. The number of fused-ring (bicyclic) bond motifs is 2. The summed E-state index contributed by atoms with van der Waals surface area (Å²) in [4.78, 5) is 17.3. The van der Waals surface area contributed by atoms with Crippen LogP contribution in [0.15, 0.2) is 49.1 Å². The topological polar surface area (TPSA) is 79.9 Å². The molecule has 5 rings (SSSR count). The van der Waals surface area contributed by atoms with Crippen LogP contribution in [0, 0.1) is 11.6 Å². The van der Waals surface area contributed by atoms with E-state index in [4.69, 9.17) is 9.47 Å². The van der Waals surface area contributed by atoms with E-state index in [1.165, 1.54) is 25.6 Å². The Hall–Kier alpha value is -4.08. The molecule has 0 atom stereocenters. The molecule has 0 radical (unpaired) electrons. The van der Waals surface area contributed by atoms with Crippen LogP contribution in [0.25, 0.3) is 27.9 Å². The average molecular weight is 436 g/mol. The van der Waals surface area contributed by atoms with Gasteiger partial charge in [0.05, 0.1) is 43.2 Å². The van der Waals surface area contributed by atoms with Gasteiger partial charge in [-0.15, -0.1) is 0 Å². The maximum atomic E-state index is 14.4. The molecule has 0 unspecified atom stereocenters. The van der Waals surface area contributed by atoms with Crippen LogP contribution in [0.3, 0.4) is 0 Å². The SMILES string of the molecule is CCOc1nc2ncc(-n3ccc4ncnc(OC)c43)cc2n1Cc1cccc(F)c1F. The largest absolute Gasteiger partial charge is 0.479 e. The molecule has 0 N–H and O–H groups in total. The van der Waals surface area contributed by atoms with Crippen LogP contribution in [0.2, 0.25) is 0 Å². The molecule has 0 aliphatic heterocycles. The number of halogens is 2. The lowest BCUT2D eigenvalue weighted by Crippen LogP contribution is -2.07. The van der Waals surface area contributed by atoms with Gasteiger partial charge >= 0.3 is 0 Å². The molecular formula is C22H18F2N6O2. The number of hydrogen-bond donors (Lipinski definition) is 0. The third kappa shape index (κ3) is 3.20. The minimum absolute atomic E-state index is 0.0272. The summed E-state index contributed by atoms with van der Waals surface area (Å²) in [7, 11) is 1.54. The highest BCUT2D eigenvalue weighted by atomic mass is 19.2. The predicted molar refractivity (Wildman–Crippen MR) is 113 cm³/mol. The Morgan fingerprint density at radius 2 is 1.97 bits per heavy atom. The standard InChI is InChI=1S/C22H18F2N6O2/c1-3-32-22-28-20-17(30(22)11-13-5-4-6-15(23)18(13)24)9-14(10-25-20)29-8-7-16-19(29)21(31-2)27-12-26-16/h4-10,12H,3,11H2,1-2H3. The van der Waals surface area contributed by atoms with Gasteiger partial charge in [-0.3, -0.25) is 4.57 Å². The molecule has 0 aliphatic carbocycles. The number of nitrogens with zero attached hydrogens (tertiary/aromatic N) is 6. The Labute approximate surface area is 181 Å². The quantitative estimate of drug-likeness (QED) is 0.402. The van der Waals surface area contributed by atoms with E-state index in [2.05, 4.69) is 19.9 Å². The van der Waals surface area contributed by atoms with Crippen LogP contribution in [0.4, 0.5) is 8.78 Å². The van der Waals surface area contributed by atoms with E-state index in [1.807, 2.05) is 29.8 Å². The molecule has 4 aromatic heterocycles. The predicted octanol–water partition coefficient (Wildman–Crippen LogP) is 3.90. The maximum Gasteiger partial charge on any atom is 0.299 e. The lowest BCUT2D eigenvalue weighted by molar-refractivity contribution is 0.300. The highest BCUT2D eigenvalue weighted by molar-refractivity contribution is 5.83. The number of ether oxygens (including phenoxy) is 2. The van der Waals surface area contributed by atoms with Gasteiger partial charge < -0.3 is 14.0 Å². The van der Waals surface area contributed by atoms with Gasteiger partial charge in [-0.1, -0.05) is 12.1 Å². The molecule has 0 fully saturated rings. The zero-order valence-electron chi connectivity index (χ0n) is 17.3. The summed E-state index contributed by atoms with van der Waals surface area (Å²) in [6.07, 6.45) is 4.93. The van der Waals surface area contributed by atoms with Crippen LogP contribution in [-0.4, -0.2) is 42.8 Å². The maximum absolute atomic E-state index is 14.4. The van der Waals surface area contributed by atoms with E-state index >= 15 is 0 Å². The first-order valence-electron chi connectivity index (χ1n) is 9.89. The smallest absolute Gasteiger partial charge is 0.299 e. The molecule has 10 heteroatoms. The number of hydrogen-bond acceptors (Lipinski definition) is 6. The molecule has 0 aliphatic rings. The molecular weight excluding hydrogens is 418 g/mol. The molecule has 1 aromatic carbocycles. The first-order chi connectivity index (χ1) is 15.6. The number of imidazole rings is 1.